The van der Waals surface area contributed by atoms with Gasteiger partial charge < -0.3 is 15.4 Å². The molecule has 0 aliphatic rings. The summed E-state index contributed by atoms with van der Waals surface area (Å²) in [5.41, 5.74) is 0. The number of carbonyl (C=O) groups is 3. The van der Waals surface area contributed by atoms with Crippen LogP contribution in [0.5, 0.6) is 0 Å². The Morgan fingerprint density at radius 1 is 1.24 bits per heavy atom. The van der Waals surface area contributed by atoms with Crippen molar-refractivity contribution in [3.05, 3.63) is 21.9 Å². The summed E-state index contributed by atoms with van der Waals surface area (Å²) >= 11 is 1.38. The summed E-state index contributed by atoms with van der Waals surface area (Å²) in [4.78, 5) is 35.9. The number of hydrogen-bond donors (Lipinski definition) is 2. The van der Waals surface area contributed by atoms with Crippen LogP contribution >= 0.6 is 11.3 Å². The van der Waals surface area contributed by atoms with Crippen molar-refractivity contribution in [2.45, 2.75) is 26.7 Å². The molecule has 7 heteroatoms. The summed E-state index contributed by atoms with van der Waals surface area (Å²) in [5, 5.41) is 5.18. The van der Waals surface area contributed by atoms with Crippen molar-refractivity contribution < 1.29 is 19.1 Å². The molecule has 0 saturated heterocycles. The number of hydrogen-bond acceptors (Lipinski definition) is 5. The molecule has 0 saturated carbocycles. The number of carbonyl (C=O) groups excluding carboxylic acids is 3. The Hall–Kier alpha value is -1.89. The second-order valence-electron chi connectivity index (χ2n) is 4.35. The van der Waals surface area contributed by atoms with Gasteiger partial charge in [-0.05, 0) is 32.4 Å². The number of amides is 2. The summed E-state index contributed by atoms with van der Waals surface area (Å²) < 4.78 is 4.77. The Kier molecular flexibility index (Phi) is 7.45. The summed E-state index contributed by atoms with van der Waals surface area (Å²) in [5.74, 6) is -0.802. The zero-order valence-corrected chi connectivity index (χ0v) is 13.0. The average Bonchev–Trinajstić information content (AvgIpc) is 2.88. The Morgan fingerprint density at radius 2 is 2.00 bits per heavy atom. The molecule has 0 bridgehead atoms. The molecule has 1 aromatic heterocycles. The third-order valence-corrected chi connectivity index (χ3v) is 3.56. The first kappa shape index (κ1) is 17.2. The minimum atomic E-state index is -0.277. The van der Waals surface area contributed by atoms with Crippen LogP contribution in [0.3, 0.4) is 0 Å². The fourth-order valence-corrected chi connectivity index (χ4v) is 2.34. The van der Waals surface area contributed by atoms with E-state index in [2.05, 4.69) is 10.6 Å². The maximum absolute atomic E-state index is 11.7. The number of esters is 1. The third-order valence-electron chi connectivity index (χ3n) is 2.56. The van der Waals surface area contributed by atoms with Crippen molar-refractivity contribution in [1.82, 2.24) is 10.6 Å². The number of nitrogens with one attached hydrogen (secondary N) is 2. The molecule has 0 radical (unpaired) electrons. The van der Waals surface area contributed by atoms with Gasteiger partial charge in [0.15, 0.2) is 0 Å². The largest absolute Gasteiger partial charge is 0.466 e. The SMILES string of the molecule is CCOC(=O)CCCNC(=O)CNC(=O)c1ccc(C)s1. The quantitative estimate of drug-likeness (QED) is 0.559. The van der Waals surface area contributed by atoms with Gasteiger partial charge in [-0.25, -0.2) is 0 Å². The Balaban J connectivity index is 2.14. The molecular weight excluding hydrogens is 292 g/mol. The minimum Gasteiger partial charge on any atom is -0.466 e. The second kappa shape index (κ2) is 9.12. The standard InChI is InChI=1S/C14H20N2O4S/c1-3-20-13(18)5-4-8-15-12(17)9-16-14(19)11-7-6-10(2)21-11/h6-7H,3-5,8-9H2,1-2H3,(H,15,17)(H,16,19). The van der Waals surface area contributed by atoms with Gasteiger partial charge in [0.1, 0.15) is 0 Å². The molecule has 0 atom stereocenters. The van der Waals surface area contributed by atoms with Gasteiger partial charge in [-0.2, -0.15) is 0 Å². The van der Waals surface area contributed by atoms with Gasteiger partial charge in [0.25, 0.3) is 5.91 Å². The molecule has 0 unspecified atom stereocenters. The summed E-state index contributed by atoms with van der Waals surface area (Å²) in [6, 6.07) is 3.58. The number of aryl methyl sites for hydroxylation is 1. The first-order valence-electron chi connectivity index (χ1n) is 6.80. The van der Waals surface area contributed by atoms with E-state index in [1.807, 2.05) is 13.0 Å². The lowest BCUT2D eigenvalue weighted by Crippen LogP contribution is -2.37. The predicted molar refractivity (Wildman–Crippen MR) is 80.3 cm³/mol. The van der Waals surface area contributed by atoms with Gasteiger partial charge >= 0.3 is 5.97 Å². The average molecular weight is 312 g/mol. The van der Waals surface area contributed by atoms with Crippen LogP contribution in [-0.2, 0) is 14.3 Å². The van der Waals surface area contributed by atoms with Crippen LogP contribution in [0.2, 0.25) is 0 Å². The van der Waals surface area contributed by atoms with Crippen molar-refractivity contribution in [3.63, 3.8) is 0 Å². The van der Waals surface area contributed by atoms with Crippen LogP contribution in [0.15, 0.2) is 12.1 Å². The van der Waals surface area contributed by atoms with Crippen LogP contribution < -0.4 is 10.6 Å². The van der Waals surface area contributed by atoms with E-state index >= 15 is 0 Å². The molecular formula is C14H20N2O4S. The molecule has 116 valence electrons. The number of rotatable bonds is 8. The first-order chi connectivity index (χ1) is 10.0. The van der Waals surface area contributed by atoms with Crippen molar-refractivity contribution >= 4 is 29.1 Å². The van der Waals surface area contributed by atoms with E-state index in [0.717, 1.165) is 4.88 Å². The van der Waals surface area contributed by atoms with Crippen molar-refractivity contribution in [2.24, 2.45) is 0 Å². The zero-order chi connectivity index (χ0) is 15.7. The highest BCUT2D eigenvalue weighted by Crippen LogP contribution is 2.14. The van der Waals surface area contributed by atoms with E-state index < -0.39 is 0 Å². The van der Waals surface area contributed by atoms with Crippen LogP contribution in [0.4, 0.5) is 0 Å². The predicted octanol–water partition coefficient (Wildman–Crippen LogP) is 1.25. The highest BCUT2D eigenvalue weighted by Gasteiger charge is 2.09. The normalized spacial score (nSPS) is 10.0. The third kappa shape index (κ3) is 6.89. The van der Waals surface area contributed by atoms with E-state index in [4.69, 9.17) is 4.74 Å². The topological polar surface area (TPSA) is 84.5 Å². The Bertz CT molecular complexity index is 499. The lowest BCUT2D eigenvalue weighted by atomic mass is 10.3. The fraction of sp³-hybridized carbons (Fsp3) is 0.500. The molecule has 1 aromatic rings. The zero-order valence-electron chi connectivity index (χ0n) is 12.2. The smallest absolute Gasteiger partial charge is 0.305 e. The van der Waals surface area contributed by atoms with E-state index in [1.54, 1.807) is 13.0 Å². The fourth-order valence-electron chi connectivity index (χ4n) is 1.56. The van der Waals surface area contributed by atoms with Crippen LogP contribution in [0.25, 0.3) is 0 Å². The van der Waals surface area contributed by atoms with E-state index in [0.29, 0.717) is 24.4 Å². The van der Waals surface area contributed by atoms with Gasteiger partial charge in [-0.15, -0.1) is 11.3 Å². The van der Waals surface area contributed by atoms with Gasteiger partial charge in [-0.3, -0.25) is 14.4 Å². The molecule has 0 fully saturated rings. The van der Waals surface area contributed by atoms with Crippen LogP contribution in [0, 0.1) is 6.92 Å². The van der Waals surface area contributed by atoms with Gasteiger partial charge in [-0.1, -0.05) is 0 Å². The Labute approximate surface area is 127 Å². The van der Waals surface area contributed by atoms with E-state index in [-0.39, 0.29) is 30.7 Å². The highest BCUT2D eigenvalue weighted by atomic mass is 32.1. The lowest BCUT2D eigenvalue weighted by Gasteiger charge is -2.06. The number of ether oxygens (including phenoxy) is 1. The van der Waals surface area contributed by atoms with Crippen molar-refractivity contribution in [1.29, 1.82) is 0 Å². The second-order valence-corrected chi connectivity index (χ2v) is 5.64. The molecule has 0 aromatic carbocycles. The highest BCUT2D eigenvalue weighted by molar-refractivity contribution is 7.13. The minimum absolute atomic E-state index is 0.0742. The molecule has 1 rings (SSSR count). The first-order valence-corrected chi connectivity index (χ1v) is 7.61. The van der Waals surface area contributed by atoms with Gasteiger partial charge in [0.2, 0.25) is 5.91 Å². The van der Waals surface area contributed by atoms with Crippen molar-refractivity contribution in [3.8, 4) is 0 Å². The van der Waals surface area contributed by atoms with E-state index in [9.17, 15) is 14.4 Å². The maximum Gasteiger partial charge on any atom is 0.305 e. The molecule has 0 spiro atoms. The summed E-state index contributed by atoms with van der Waals surface area (Å²) in [7, 11) is 0. The molecule has 2 N–H and O–H groups in total. The number of thiophene rings is 1. The van der Waals surface area contributed by atoms with Crippen molar-refractivity contribution in [2.75, 3.05) is 19.7 Å². The molecule has 0 aliphatic heterocycles. The maximum atomic E-state index is 11.7. The lowest BCUT2D eigenvalue weighted by molar-refractivity contribution is -0.143. The summed E-state index contributed by atoms with van der Waals surface area (Å²) in [6.07, 6.45) is 0.789. The Morgan fingerprint density at radius 3 is 2.62 bits per heavy atom. The molecule has 21 heavy (non-hydrogen) atoms. The van der Waals surface area contributed by atoms with Gasteiger partial charge in [0, 0.05) is 17.8 Å². The van der Waals surface area contributed by atoms with Crippen LogP contribution in [0.1, 0.15) is 34.3 Å². The summed E-state index contributed by atoms with van der Waals surface area (Å²) in [6.45, 7) is 4.33. The van der Waals surface area contributed by atoms with E-state index in [1.165, 1.54) is 11.3 Å². The molecule has 1 heterocycles. The van der Waals surface area contributed by atoms with Gasteiger partial charge in [0.05, 0.1) is 18.0 Å². The molecule has 6 nitrogen and oxygen atoms in total. The molecule has 0 aliphatic carbocycles. The molecule has 2 amide bonds. The van der Waals surface area contributed by atoms with Crippen LogP contribution in [-0.4, -0.2) is 37.5 Å². The monoisotopic (exact) mass is 312 g/mol.